The molecule has 0 N–H and O–H groups in total. The molecule has 0 aromatic rings. The predicted octanol–water partition coefficient (Wildman–Crippen LogP) is 4.39. The van der Waals surface area contributed by atoms with Gasteiger partial charge in [0.2, 0.25) is 0 Å². The first-order valence-electron chi connectivity index (χ1n) is 7.36. The Balaban J connectivity index is 2.93. The number of allylic oxidation sites excluding steroid dienone is 1. The minimum Gasteiger partial charge on any atom is -0.461 e. The molecule has 0 aromatic carbocycles. The fourth-order valence-corrected chi connectivity index (χ4v) is 3.24. The Hall–Kier alpha value is -0.803. The van der Waals surface area contributed by atoms with Crippen LogP contribution >= 0.6 is 0 Å². The molecule has 0 fully saturated rings. The summed E-state index contributed by atoms with van der Waals surface area (Å²) in [7, 11) is -0.0781. The fraction of sp³-hybridized carbons (Fsp3) is 0.688. The van der Waals surface area contributed by atoms with E-state index in [4.69, 9.17) is 13.9 Å². The van der Waals surface area contributed by atoms with Crippen molar-refractivity contribution in [2.24, 2.45) is 0 Å². The Morgan fingerprint density at radius 1 is 1.35 bits per heavy atom. The van der Waals surface area contributed by atoms with Crippen LogP contribution in [0.2, 0.25) is 19.6 Å². The van der Waals surface area contributed by atoms with E-state index in [-0.39, 0.29) is 12.9 Å². The Kier molecular flexibility index (Phi) is 7.31. The number of hydrogen-bond donors (Lipinski definition) is 0. The minimum absolute atomic E-state index is 0.146. The maximum absolute atomic E-state index is 6.33. The van der Waals surface area contributed by atoms with Crippen LogP contribution in [0.15, 0.2) is 29.7 Å². The van der Waals surface area contributed by atoms with E-state index in [1.54, 1.807) is 7.11 Å². The second-order valence-corrected chi connectivity index (χ2v) is 10.5. The molecule has 1 rings (SSSR count). The van der Waals surface area contributed by atoms with Gasteiger partial charge in [-0.2, -0.15) is 0 Å². The molecule has 1 atom stereocenters. The van der Waals surface area contributed by atoms with E-state index in [0.717, 1.165) is 12.8 Å². The second kappa shape index (κ2) is 8.48. The van der Waals surface area contributed by atoms with Crippen LogP contribution in [0.25, 0.3) is 0 Å². The lowest BCUT2D eigenvalue weighted by molar-refractivity contribution is -0.0118. The van der Waals surface area contributed by atoms with Gasteiger partial charge in [-0.15, -0.1) is 0 Å². The van der Waals surface area contributed by atoms with E-state index in [1.807, 2.05) is 0 Å². The van der Waals surface area contributed by atoms with E-state index < -0.39 is 8.32 Å². The largest absolute Gasteiger partial charge is 0.461 e. The van der Waals surface area contributed by atoms with Gasteiger partial charge in [0.05, 0.1) is 0 Å². The highest BCUT2D eigenvalue weighted by Crippen LogP contribution is 2.28. The van der Waals surface area contributed by atoms with Crippen molar-refractivity contribution in [2.45, 2.75) is 57.8 Å². The Labute approximate surface area is 124 Å². The van der Waals surface area contributed by atoms with Crippen LogP contribution in [0.5, 0.6) is 0 Å². The summed E-state index contributed by atoms with van der Waals surface area (Å²) in [5.41, 5.74) is 4.21. The molecule has 0 spiro atoms. The summed E-state index contributed by atoms with van der Waals surface area (Å²) >= 11 is 0. The van der Waals surface area contributed by atoms with Crippen molar-refractivity contribution in [3.63, 3.8) is 0 Å². The average Bonchev–Trinajstić information content (AvgIpc) is 2.65. The molecule has 1 unspecified atom stereocenters. The molecule has 0 saturated carbocycles. The topological polar surface area (TPSA) is 27.7 Å². The van der Waals surface area contributed by atoms with E-state index in [0.29, 0.717) is 5.76 Å². The zero-order valence-electron chi connectivity index (χ0n) is 13.3. The first kappa shape index (κ1) is 17.2. The summed E-state index contributed by atoms with van der Waals surface area (Å²) in [6.07, 6.45) is 8.11. The molecule has 0 amide bonds. The molecule has 1 aliphatic carbocycles. The van der Waals surface area contributed by atoms with Crippen LogP contribution in [0.1, 0.15) is 32.1 Å². The third-order valence-electron chi connectivity index (χ3n) is 3.13. The molecular weight excluding hydrogens is 268 g/mol. The number of ether oxygens (including phenoxy) is 2. The molecule has 20 heavy (non-hydrogen) atoms. The normalized spacial score (nSPS) is 17.7. The van der Waals surface area contributed by atoms with Crippen LogP contribution < -0.4 is 0 Å². The van der Waals surface area contributed by atoms with Crippen molar-refractivity contribution >= 4 is 8.32 Å². The highest BCUT2D eigenvalue weighted by Gasteiger charge is 2.28. The van der Waals surface area contributed by atoms with E-state index in [2.05, 4.69) is 38.0 Å². The van der Waals surface area contributed by atoms with Gasteiger partial charge >= 0.3 is 0 Å². The Morgan fingerprint density at radius 3 is 2.70 bits per heavy atom. The summed E-state index contributed by atoms with van der Waals surface area (Å²) in [5, 5.41) is 0. The van der Waals surface area contributed by atoms with Gasteiger partial charge in [0, 0.05) is 7.11 Å². The Bertz CT molecular complexity index is 376. The number of rotatable bonds is 7. The molecule has 0 radical (unpaired) electrons. The van der Waals surface area contributed by atoms with Gasteiger partial charge in [-0.05, 0) is 50.9 Å². The zero-order valence-corrected chi connectivity index (χ0v) is 14.3. The first-order valence-corrected chi connectivity index (χ1v) is 10.8. The summed E-state index contributed by atoms with van der Waals surface area (Å²) in [4.78, 5) is 0. The summed E-state index contributed by atoms with van der Waals surface area (Å²) < 4.78 is 16.9. The van der Waals surface area contributed by atoms with Gasteiger partial charge in [-0.3, -0.25) is 0 Å². The highest BCUT2D eigenvalue weighted by molar-refractivity contribution is 6.69. The van der Waals surface area contributed by atoms with Crippen molar-refractivity contribution < 1.29 is 13.9 Å². The van der Waals surface area contributed by atoms with Gasteiger partial charge in [-0.25, -0.2) is 0 Å². The molecule has 0 bridgehead atoms. The fourth-order valence-electron chi connectivity index (χ4n) is 2.27. The van der Waals surface area contributed by atoms with Crippen LogP contribution in [0, 0.1) is 0 Å². The highest BCUT2D eigenvalue weighted by atomic mass is 28.4. The number of methoxy groups -OCH3 is 1. The number of hydrogen-bond acceptors (Lipinski definition) is 3. The minimum atomic E-state index is -1.69. The average molecular weight is 296 g/mol. The van der Waals surface area contributed by atoms with Crippen LogP contribution in [-0.2, 0) is 13.9 Å². The summed E-state index contributed by atoms with van der Waals surface area (Å²) in [6, 6.07) is 0. The standard InChI is InChI=1S/C16H28O3Si/c1-6-15(18-13-17-2)16(19-20(3,4)5)14-11-9-7-8-10-12-14/h11,16H,1,7-10,12-13H2,2-5H3. The molecule has 114 valence electrons. The van der Waals surface area contributed by atoms with E-state index >= 15 is 0 Å². The molecule has 0 aromatic heterocycles. The lowest BCUT2D eigenvalue weighted by Gasteiger charge is -2.29. The maximum atomic E-state index is 6.33. The molecular formula is C16H28O3Si. The lowest BCUT2D eigenvalue weighted by atomic mass is 10.0. The molecule has 0 saturated heterocycles. The second-order valence-electron chi connectivity index (χ2n) is 6.08. The monoisotopic (exact) mass is 296 g/mol. The first-order chi connectivity index (χ1) is 9.48. The predicted molar refractivity (Wildman–Crippen MR) is 85.0 cm³/mol. The van der Waals surface area contributed by atoms with Crippen LogP contribution in [-0.4, -0.2) is 28.3 Å². The molecule has 3 nitrogen and oxygen atoms in total. The summed E-state index contributed by atoms with van der Waals surface area (Å²) in [6.45, 7) is 10.5. The molecule has 0 aliphatic heterocycles. The SMILES string of the molecule is C=C=C(OCOC)C(O[Si](C)(C)C)C1=CCCCCC1. The van der Waals surface area contributed by atoms with Crippen LogP contribution in [0.3, 0.4) is 0 Å². The third kappa shape index (κ3) is 6.10. The van der Waals surface area contributed by atoms with Crippen molar-refractivity contribution in [3.8, 4) is 0 Å². The lowest BCUT2D eigenvalue weighted by Crippen LogP contribution is -2.35. The third-order valence-corrected chi connectivity index (χ3v) is 4.07. The summed E-state index contributed by atoms with van der Waals surface area (Å²) in [5.74, 6) is 0.655. The smallest absolute Gasteiger partial charge is 0.189 e. The van der Waals surface area contributed by atoms with Crippen molar-refractivity contribution in [1.29, 1.82) is 0 Å². The van der Waals surface area contributed by atoms with Gasteiger partial charge in [-0.1, -0.05) is 24.8 Å². The van der Waals surface area contributed by atoms with Crippen LogP contribution in [0.4, 0.5) is 0 Å². The quantitative estimate of drug-likeness (QED) is 0.229. The maximum Gasteiger partial charge on any atom is 0.189 e. The van der Waals surface area contributed by atoms with Gasteiger partial charge in [0.25, 0.3) is 0 Å². The Morgan fingerprint density at radius 2 is 2.10 bits per heavy atom. The van der Waals surface area contributed by atoms with Gasteiger partial charge in [0.15, 0.2) is 20.9 Å². The van der Waals surface area contributed by atoms with Gasteiger partial charge in [0.1, 0.15) is 6.10 Å². The molecule has 0 heterocycles. The van der Waals surface area contributed by atoms with Gasteiger partial charge < -0.3 is 13.9 Å². The van der Waals surface area contributed by atoms with E-state index in [1.165, 1.54) is 24.8 Å². The van der Waals surface area contributed by atoms with Crippen molar-refractivity contribution in [3.05, 3.63) is 29.7 Å². The zero-order chi connectivity index (χ0) is 15.0. The molecule has 4 heteroatoms. The van der Waals surface area contributed by atoms with Crippen molar-refractivity contribution in [2.75, 3.05) is 13.9 Å². The molecule has 1 aliphatic rings. The van der Waals surface area contributed by atoms with Crippen molar-refractivity contribution in [1.82, 2.24) is 0 Å². The van der Waals surface area contributed by atoms with E-state index in [9.17, 15) is 0 Å².